The summed E-state index contributed by atoms with van der Waals surface area (Å²) >= 11 is 0. The molecule has 2 unspecified atom stereocenters. The summed E-state index contributed by atoms with van der Waals surface area (Å²) in [4.78, 5) is 0. The molecule has 0 N–H and O–H groups in total. The average Bonchev–Trinajstić information content (AvgIpc) is 3.96. The maximum absolute atomic E-state index is 6.67. The Hall–Kier alpha value is -6.78. The number of allylic oxidation sites excluding steroid dienone is 2. The Balaban J connectivity index is 0.932. The SMILES string of the molecule is C1=CC2Oc3c(ccc4c3oc3ccc(-c5ccc6oc7ccccc7c6c5)cc34)C2C=C1c1ccc2c(c1)c1ccccc1n2-c1ccccc1. The van der Waals surface area contributed by atoms with Crippen LogP contribution in [-0.2, 0) is 0 Å². The lowest BCUT2D eigenvalue weighted by molar-refractivity contribution is 0.269. The highest BCUT2D eigenvalue weighted by molar-refractivity contribution is 6.11. The molecule has 3 aromatic heterocycles. The van der Waals surface area contributed by atoms with Crippen molar-refractivity contribution < 1.29 is 13.6 Å². The molecule has 2 atom stereocenters. The van der Waals surface area contributed by atoms with Crippen LogP contribution in [0.25, 0.3) is 88.1 Å². The second-order valence-electron chi connectivity index (χ2n) is 14.0. The van der Waals surface area contributed by atoms with Gasteiger partial charge >= 0.3 is 0 Å². The molecule has 0 saturated heterocycles. The Bertz CT molecular complexity index is 3170. The minimum absolute atomic E-state index is 0.0756. The molecule has 4 nitrogen and oxygen atoms in total. The summed E-state index contributed by atoms with van der Waals surface area (Å²) in [6.07, 6.45) is 6.72. The molecule has 0 fully saturated rings. The van der Waals surface area contributed by atoms with Gasteiger partial charge in [0.25, 0.3) is 0 Å². The number of ether oxygens (including phenoxy) is 1. The zero-order valence-corrected chi connectivity index (χ0v) is 27.9. The first kappa shape index (κ1) is 28.0. The van der Waals surface area contributed by atoms with E-state index in [1.165, 1.54) is 38.6 Å². The van der Waals surface area contributed by atoms with E-state index in [1.807, 2.05) is 12.1 Å². The van der Waals surface area contributed by atoms with Gasteiger partial charge in [-0.25, -0.2) is 0 Å². The molecule has 4 heteroatoms. The van der Waals surface area contributed by atoms with Gasteiger partial charge < -0.3 is 18.1 Å². The predicted molar refractivity (Wildman–Crippen MR) is 211 cm³/mol. The molecule has 4 heterocycles. The van der Waals surface area contributed by atoms with E-state index in [4.69, 9.17) is 13.6 Å². The molecule has 0 saturated carbocycles. The molecule has 12 rings (SSSR count). The average molecular weight is 668 g/mol. The fourth-order valence-electron chi connectivity index (χ4n) is 8.68. The first-order valence-electron chi connectivity index (χ1n) is 17.8. The number of para-hydroxylation sites is 3. The number of furan rings is 2. The second kappa shape index (κ2) is 10.4. The van der Waals surface area contributed by atoms with Crippen molar-refractivity contribution in [3.63, 3.8) is 0 Å². The van der Waals surface area contributed by atoms with Crippen LogP contribution in [0.1, 0.15) is 17.0 Å². The highest BCUT2D eigenvalue weighted by atomic mass is 16.5. The summed E-state index contributed by atoms with van der Waals surface area (Å²) in [6.45, 7) is 0. The van der Waals surface area contributed by atoms with Crippen molar-refractivity contribution in [3.8, 4) is 22.6 Å². The molecule has 2 aliphatic rings. The topological polar surface area (TPSA) is 40.4 Å². The smallest absolute Gasteiger partial charge is 0.177 e. The van der Waals surface area contributed by atoms with Crippen LogP contribution >= 0.6 is 0 Å². The summed E-state index contributed by atoms with van der Waals surface area (Å²) in [5.74, 6) is 0.945. The van der Waals surface area contributed by atoms with Crippen molar-refractivity contribution >= 4 is 71.3 Å². The van der Waals surface area contributed by atoms with Crippen molar-refractivity contribution in [2.24, 2.45) is 0 Å². The van der Waals surface area contributed by atoms with Crippen molar-refractivity contribution in [1.29, 1.82) is 0 Å². The Morgan fingerprint density at radius 2 is 1.15 bits per heavy atom. The number of rotatable bonds is 3. The second-order valence-corrected chi connectivity index (χ2v) is 14.0. The third-order valence-electron chi connectivity index (χ3n) is 11.1. The molecular weight excluding hydrogens is 639 g/mol. The molecule has 1 aliphatic heterocycles. The van der Waals surface area contributed by atoms with Crippen LogP contribution in [0.5, 0.6) is 5.75 Å². The van der Waals surface area contributed by atoms with Crippen LogP contribution in [0.15, 0.2) is 173 Å². The van der Waals surface area contributed by atoms with Crippen molar-refractivity contribution in [2.45, 2.75) is 12.0 Å². The third-order valence-corrected chi connectivity index (χ3v) is 11.1. The maximum Gasteiger partial charge on any atom is 0.177 e. The van der Waals surface area contributed by atoms with Crippen LogP contribution in [0, 0.1) is 0 Å². The van der Waals surface area contributed by atoms with Gasteiger partial charge in [0.1, 0.15) is 22.9 Å². The van der Waals surface area contributed by atoms with Crippen LogP contribution in [-0.4, -0.2) is 10.7 Å². The lowest BCUT2D eigenvalue weighted by Gasteiger charge is -2.19. The van der Waals surface area contributed by atoms with Gasteiger partial charge in [-0.15, -0.1) is 0 Å². The van der Waals surface area contributed by atoms with Crippen LogP contribution < -0.4 is 4.74 Å². The number of fused-ring (bicyclic) bond motifs is 13. The highest BCUT2D eigenvalue weighted by Gasteiger charge is 2.36. The molecule has 0 bridgehead atoms. The van der Waals surface area contributed by atoms with Gasteiger partial charge in [-0.2, -0.15) is 0 Å². The van der Waals surface area contributed by atoms with E-state index in [0.29, 0.717) is 0 Å². The van der Waals surface area contributed by atoms with Crippen LogP contribution in [0.4, 0.5) is 0 Å². The summed E-state index contributed by atoms with van der Waals surface area (Å²) < 4.78 is 21.7. The highest BCUT2D eigenvalue weighted by Crippen LogP contribution is 2.49. The van der Waals surface area contributed by atoms with Gasteiger partial charge in [0.05, 0.1) is 11.0 Å². The molecule has 10 aromatic rings. The van der Waals surface area contributed by atoms with E-state index in [0.717, 1.165) is 66.3 Å². The molecule has 0 spiro atoms. The van der Waals surface area contributed by atoms with Gasteiger partial charge in [0.2, 0.25) is 0 Å². The van der Waals surface area contributed by atoms with Gasteiger partial charge in [-0.1, -0.05) is 91.0 Å². The van der Waals surface area contributed by atoms with E-state index in [2.05, 4.69) is 156 Å². The number of hydrogen-bond donors (Lipinski definition) is 0. The molecule has 244 valence electrons. The van der Waals surface area contributed by atoms with Crippen LogP contribution in [0.2, 0.25) is 0 Å². The minimum atomic E-state index is -0.0756. The number of hydrogen-bond acceptors (Lipinski definition) is 3. The Labute approximate surface area is 298 Å². The zero-order valence-electron chi connectivity index (χ0n) is 27.9. The normalized spacial score (nSPS) is 16.7. The minimum Gasteiger partial charge on any atom is -0.481 e. The standard InChI is InChI=1S/C48H29NO3/c1-2-8-32(9-3-1)49-41-12-6-4-10-33(41)37-24-28(14-20-42(37)49)30-16-22-45-39(26-30)35-18-19-36-40-27-31(17-23-46(40)52-48(36)47(35)51-45)29-15-21-44-38(25-29)34-11-5-7-13-43(34)50-44/h1-27,39,45H. The number of benzene rings is 7. The van der Waals surface area contributed by atoms with E-state index < -0.39 is 0 Å². The molecule has 7 aromatic carbocycles. The monoisotopic (exact) mass is 667 g/mol. The number of aromatic nitrogens is 1. The van der Waals surface area contributed by atoms with Crippen LogP contribution in [0.3, 0.4) is 0 Å². The lowest BCUT2D eigenvalue weighted by Crippen LogP contribution is -2.16. The first-order valence-corrected chi connectivity index (χ1v) is 17.8. The Kier molecular flexibility index (Phi) is 5.58. The molecule has 1 aliphatic carbocycles. The third kappa shape index (κ3) is 3.92. The first-order chi connectivity index (χ1) is 25.7. The van der Waals surface area contributed by atoms with Gasteiger partial charge in [-0.3, -0.25) is 0 Å². The Morgan fingerprint density at radius 1 is 0.481 bits per heavy atom. The van der Waals surface area contributed by atoms with Crippen molar-refractivity contribution in [2.75, 3.05) is 0 Å². The van der Waals surface area contributed by atoms with E-state index >= 15 is 0 Å². The van der Waals surface area contributed by atoms with Gasteiger partial charge in [0.15, 0.2) is 11.3 Å². The predicted octanol–water partition coefficient (Wildman–Crippen LogP) is 12.7. The fraction of sp³-hybridized carbons (Fsp3) is 0.0417. The van der Waals surface area contributed by atoms with Gasteiger partial charge in [-0.05, 0) is 95.1 Å². The summed E-state index contributed by atoms with van der Waals surface area (Å²) in [5.41, 5.74) is 12.9. The summed E-state index contributed by atoms with van der Waals surface area (Å²) in [5, 5.41) is 6.90. The molecule has 52 heavy (non-hydrogen) atoms. The number of nitrogens with zero attached hydrogens (tertiary/aromatic N) is 1. The largest absolute Gasteiger partial charge is 0.481 e. The zero-order chi connectivity index (χ0) is 33.9. The van der Waals surface area contributed by atoms with Crippen molar-refractivity contribution in [3.05, 3.63) is 175 Å². The summed E-state index contributed by atoms with van der Waals surface area (Å²) in [7, 11) is 0. The van der Waals surface area contributed by atoms with E-state index in [1.54, 1.807) is 0 Å². The molecular formula is C48H29NO3. The molecule has 0 radical (unpaired) electrons. The van der Waals surface area contributed by atoms with E-state index in [-0.39, 0.29) is 12.0 Å². The molecule has 0 amide bonds. The lowest BCUT2D eigenvalue weighted by atomic mass is 9.86. The fourth-order valence-corrected chi connectivity index (χ4v) is 8.68. The van der Waals surface area contributed by atoms with Gasteiger partial charge in [0, 0.05) is 49.5 Å². The maximum atomic E-state index is 6.67. The summed E-state index contributed by atoms with van der Waals surface area (Å²) in [6, 6.07) is 51.7. The Morgan fingerprint density at radius 3 is 2.02 bits per heavy atom. The quantitative estimate of drug-likeness (QED) is 0.188. The van der Waals surface area contributed by atoms with Crippen molar-refractivity contribution in [1.82, 2.24) is 4.57 Å². The van der Waals surface area contributed by atoms with E-state index in [9.17, 15) is 0 Å².